The number of hydrogen-bond donors (Lipinski definition) is 1. The molecular formula is C30H21N5O2S. The van der Waals surface area contributed by atoms with Crippen LogP contribution in [-0.2, 0) is 0 Å². The molecule has 0 aliphatic heterocycles. The van der Waals surface area contributed by atoms with Gasteiger partial charge in [-0.3, -0.25) is 0 Å². The number of fused-ring (bicyclic) bond motifs is 4. The Morgan fingerprint density at radius 3 is 2.58 bits per heavy atom. The van der Waals surface area contributed by atoms with E-state index in [1.54, 1.807) is 0 Å². The number of aryl methyl sites for hydroxylation is 2. The van der Waals surface area contributed by atoms with E-state index in [0.29, 0.717) is 33.3 Å². The Kier molecular flexibility index (Phi) is 5.09. The van der Waals surface area contributed by atoms with Crippen molar-refractivity contribution in [3.05, 3.63) is 106 Å². The Balaban J connectivity index is 1.41. The Morgan fingerprint density at radius 2 is 1.71 bits per heavy atom. The summed E-state index contributed by atoms with van der Waals surface area (Å²) in [6, 6.07) is 25.6. The fraction of sp³-hybridized carbons (Fsp3) is 0.0667. The zero-order chi connectivity index (χ0) is 25.8. The Morgan fingerprint density at radius 1 is 0.895 bits per heavy atom. The number of anilines is 2. The summed E-state index contributed by atoms with van der Waals surface area (Å²) in [6.45, 7) is 3.97. The van der Waals surface area contributed by atoms with Crippen LogP contribution in [0.25, 0.3) is 49.2 Å². The molecule has 0 saturated carbocycles. The minimum Gasteiger partial charge on any atom is -0.422 e. The summed E-state index contributed by atoms with van der Waals surface area (Å²) in [5.74, 6) is 0.648. The highest BCUT2D eigenvalue weighted by molar-refractivity contribution is 7.13. The summed E-state index contributed by atoms with van der Waals surface area (Å²) >= 11 is 1.45. The Labute approximate surface area is 221 Å². The standard InChI is InChI=1S/C30H21N5O2S/c1-17-14-18(2)35-28(31-17)26(27(34-35)32-20-9-4-3-5-10-20)29-33-24(16-38-29)23-15-22-21-11-7-6-8-19(21)12-13-25(22)37-30(23)36/h3-16H,1-2H3,(H,32,34). The van der Waals surface area contributed by atoms with Gasteiger partial charge >= 0.3 is 5.63 Å². The molecule has 0 atom stereocenters. The fourth-order valence-electron chi connectivity index (χ4n) is 4.83. The first kappa shape index (κ1) is 22.4. The lowest BCUT2D eigenvalue weighted by Crippen LogP contribution is -2.03. The van der Waals surface area contributed by atoms with Crippen molar-refractivity contribution in [3.8, 4) is 21.8 Å². The normalized spacial score (nSPS) is 11.5. The van der Waals surface area contributed by atoms with Gasteiger partial charge in [0.2, 0.25) is 0 Å². The molecular weight excluding hydrogens is 494 g/mol. The first-order chi connectivity index (χ1) is 18.5. The van der Waals surface area contributed by atoms with Gasteiger partial charge in [-0.1, -0.05) is 48.5 Å². The van der Waals surface area contributed by atoms with Gasteiger partial charge in [-0.2, -0.15) is 0 Å². The molecule has 4 heterocycles. The molecule has 0 spiro atoms. The van der Waals surface area contributed by atoms with Gasteiger partial charge in [-0.05, 0) is 55.0 Å². The van der Waals surface area contributed by atoms with E-state index in [-0.39, 0.29) is 0 Å². The van der Waals surface area contributed by atoms with Crippen LogP contribution in [0.1, 0.15) is 11.4 Å². The maximum Gasteiger partial charge on any atom is 0.345 e. The third-order valence-electron chi connectivity index (χ3n) is 6.57. The zero-order valence-electron chi connectivity index (χ0n) is 20.6. The minimum atomic E-state index is -0.419. The summed E-state index contributed by atoms with van der Waals surface area (Å²) in [4.78, 5) is 22.7. The molecule has 0 amide bonds. The van der Waals surface area contributed by atoms with Crippen molar-refractivity contribution in [1.82, 2.24) is 19.6 Å². The molecule has 7 aromatic rings. The second kappa shape index (κ2) is 8.64. The second-order valence-electron chi connectivity index (χ2n) is 9.17. The molecule has 8 heteroatoms. The highest BCUT2D eigenvalue weighted by Gasteiger charge is 2.22. The first-order valence-electron chi connectivity index (χ1n) is 12.2. The van der Waals surface area contributed by atoms with Crippen molar-refractivity contribution in [1.29, 1.82) is 0 Å². The Hall–Kier alpha value is -4.82. The van der Waals surface area contributed by atoms with Crippen molar-refractivity contribution in [2.45, 2.75) is 13.8 Å². The number of rotatable bonds is 4. The zero-order valence-corrected chi connectivity index (χ0v) is 21.4. The molecule has 38 heavy (non-hydrogen) atoms. The van der Waals surface area contributed by atoms with Crippen molar-refractivity contribution < 1.29 is 4.42 Å². The predicted octanol–water partition coefficient (Wildman–Crippen LogP) is 7.14. The largest absolute Gasteiger partial charge is 0.422 e. The molecule has 0 radical (unpaired) electrons. The molecule has 7 rings (SSSR count). The number of para-hydroxylation sites is 1. The van der Waals surface area contributed by atoms with E-state index >= 15 is 0 Å². The van der Waals surface area contributed by atoms with E-state index in [2.05, 4.69) is 5.32 Å². The molecule has 4 aromatic heterocycles. The van der Waals surface area contributed by atoms with Gasteiger partial charge in [-0.15, -0.1) is 16.4 Å². The number of hydrogen-bond acceptors (Lipinski definition) is 7. The van der Waals surface area contributed by atoms with Crippen molar-refractivity contribution in [2.24, 2.45) is 0 Å². The molecule has 0 fully saturated rings. The van der Waals surface area contributed by atoms with Gasteiger partial charge in [0.05, 0.1) is 16.8 Å². The van der Waals surface area contributed by atoms with Gasteiger partial charge in [-0.25, -0.2) is 19.3 Å². The number of nitrogens with one attached hydrogen (secondary N) is 1. The second-order valence-corrected chi connectivity index (χ2v) is 10.0. The number of aromatic nitrogens is 4. The van der Waals surface area contributed by atoms with E-state index in [1.165, 1.54) is 11.3 Å². The smallest absolute Gasteiger partial charge is 0.345 e. The number of thiazole rings is 1. The van der Waals surface area contributed by atoms with Gasteiger partial charge in [0.25, 0.3) is 0 Å². The lowest BCUT2D eigenvalue weighted by Gasteiger charge is -2.05. The maximum absolute atomic E-state index is 13.0. The van der Waals surface area contributed by atoms with Gasteiger partial charge in [0.15, 0.2) is 11.5 Å². The van der Waals surface area contributed by atoms with Crippen LogP contribution in [0.15, 0.2) is 93.5 Å². The lowest BCUT2D eigenvalue weighted by atomic mass is 10.0. The van der Waals surface area contributed by atoms with E-state index in [1.807, 2.05) is 103 Å². The van der Waals surface area contributed by atoms with E-state index in [4.69, 9.17) is 19.5 Å². The summed E-state index contributed by atoms with van der Waals surface area (Å²) in [7, 11) is 0. The first-order valence-corrected chi connectivity index (χ1v) is 13.0. The monoisotopic (exact) mass is 515 g/mol. The number of nitrogens with zero attached hydrogens (tertiary/aromatic N) is 4. The van der Waals surface area contributed by atoms with Crippen LogP contribution in [0, 0.1) is 13.8 Å². The molecule has 7 nitrogen and oxygen atoms in total. The third kappa shape index (κ3) is 3.65. The van der Waals surface area contributed by atoms with Crippen LogP contribution in [0.4, 0.5) is 11.5 Å². The maximum atomic E-state index is 13.0. The topological polar surface area (TPSA) is 85.3 Å². The molecule has 1 N–H and O–H groups in total. The summed E-state index contributed by atoms with van der Waals surface area (Å²) in [6.07, 6.45) is 0. The van der Waals surface area contributed by atoms with Crippen LogP contribution in [0.3, 0.4) is 0 Å². The highest BCUT2D eigenvalue weighted by atomic mass is 32.1. The van der Waals surface area contributed by atoms with Crippen LogP contribution in [0.5, 0.6) is 0 Å². The van der Waals surface area contributed by atoms with Crippen molar-refractivity contribution in [3.63, 3.8) is 0 Å². The quantitative estimate of drug-likeness (QED) is 0.198. The fourth-order valence-corrected chi connectivity index (χ4v) is 5.69. The molecule has 184 valence electrons. The van der Waals surface area contributed by atoms with E-state index < -0.39 is 5.63 Å². The summed E-state index contributed by atoms with van der Waals surface area (Å²) < 4.78 is 7.55. The lowest BCUT2D eigenvalue weighted by molar-refractivity contribution is 0.563. The highest BCUT2D eigenvalue weighted by Crippen LogP contribution is 2.37. The molecule has 0 aliphatic rings. The molecule has 0 aliphatic carbocycles. The Bertz CT molecular complexity index is 2060. The van der Waals surface area contributed by atoms with Crippen LogP contribution in [0.2, 0.25) is 0 Å². The summed E-state index contributed by atoms with van der Waals surface area (Å²) in [5, 5.41) is 13.8. The van der Waals surface area contributed by atoms with Crippen LogP contribution in [-0.4, -0.2) is 19.6 Å². The van der Waals surface area contributed by atoms with Gasteiger partial charge in [0, 0.05) is 27.8 Å². The van der Waals surface area contributed by atoms with Crippen LogP contribution < -0.4 is 10.9 Å². The average molecular weight is 516 g/mol. The van der Waals surface area contributed by atoms with Crippen molar-refractivity contribution in [2.75, 3.05) is 5.32 Å². The number of benzene rings is 3. The molecule has 0 saturated heterocycles. The average Bonchev–Trinajstić information content (AvgIpc) is 3.53. The molecule has 3 aromatic carbocycles. The minimum absolute atomic E-state index is 0.419. The van der Waals surface area contributed by atoms with Gasteiger partial charge < -0.3 is 9.73 Å². The molecule has 0 unspecified atom stereocenters. The van der Waals surface area contributed by atoms with Crippen molar-refractivity contribution >= 4 is 50.2 Å². The predicted molar refractivity (Wildman–Crippen MR) is 152 cm³/mol. The summed E-state index contributed by atoms with van der Waals surface area (Å²) in [5.41, 5.74) is 5.37. The SMILES string of the molecule is Cc1cc(C)n2nc(Nc3ccccc3)c(-c3nc(-c4cc5c(ccc6ccccc65)oc4=O)cs3)c2n1. The van der Waals surface area contributed by atoms with E-state index in [0.717, 1.165) is 38.8 Å². The van der Waals surface area contributed by atoms with Crippen LogP contribution >= 0.6 is 11.3 Å². The van der Waals surface area contributed by atoms with Gasteiger partial charge in [0.1, 0.15) is 10.6 Å². The third-order valence-corrected chi connectivity index (χ3v) is 7.43. The molecule has 0 bridgehead atoms. The van der Waals surface area contributed by atoms with E-state index in [9.17, 15) is 4.79 Å².